The summed E-state index contributed by atoms with van der Waals surface area (Å²) in [5.74, 6) is 0.202. The van der Waals surface area contributed by atoms with E-state index in [1.54, 1.807) is 6.92 Å². The molecule has 0 bridgehead atoms. The van der Waals surface area contributed by atoms with Crippen molar-refractivity contribution in [2.75, 3.05) is 39.3 Å². The van der Waals surface area contributed by atoms with Crippen molar-refractivity contribution in [3.63, 3.8) is 0 Å². The molecule has 1 saturated heterocycles. The molecule has 0 saturated carbocycles. The number of unbranched alkanes of at least 4 members (excludes halogenated alkanes) is 4. The van der Waals surface area contributed by atoms with E-state index in [4.69, 9.17) is 5.11 Å². The van der Waals surface area contributed by atoms with Crippen LogP contribution in [0.1, 0.15) is 39.0 Å². The zero-order valence-corrected chi connectivity index (χ0v) is 11.0. The maximum Gasteiger partial charge on any atom is 0.219 e. The van der Waals surface area contributed by atoms with E-state index in [2.05, 4.69) is 4.90 Å². The van der Waals surface area contributed by atoms with Crippen molar-refractivity contribution in [1.82, 2.24) is 9.80 Å². The maximum absolute atomic E-state index is 11.2. The van der Waals surface area contributed by atoms with Crippen molar-refractivity contribution in [2.24, 2.45) is 0 Å². The SMILES string of the molecule is CC(=O)N1CCN(CCCCCCCO)CC1. The van der Waals surface area contributed by atoms with Crippen LogP contribution >= 0.6 is 0 Å². The van der Waals surface area contributed by atoms with Crippen LogP contribution in [-0.2, 0) is 4.79 Å². The van der Waals surface area contributed by atoms with E-state index >= 15 is 0 Å². The molecule has 1 fully saturated rings. The molecule has 1 amide bonds. The highest BCUT2D eigenvalue weighted by molar-refractivity contribution is 5.73. The maximum atomic E-state index is 11.2. The lowest BCUT2D eigenvalue weighted by Gasteiger charge is -2.34. The van der Waals surface area contributed by atoms with Gasteiger partial charge in [-0.15, -0.1) is 0 Å². The van der Waals surface area contributed by atoms with Crippen LogP contribution in [0.15, 0.2) is 0 Å². The standard InChI is InChI=1S/C13H26N2O2/c1-13(17)15-10-8-14(9-11-15)7-5-3-2-4-6-12-16/h16H,2-12H2,1H3. The second kappa shape index (κ2) is 8.48. The zero-order chi connectivity index (χ0) is 12.5. The van der Waals surface area contributed by atoms with Gasteiger partial charge in [0.1, 0.15) is 0 Å². The number of aliphatic hydroxyl groups is 1. The average Bonchev–Trinajstić information content (AvgIpc) is 2.34. The molecule has 0 spiro atoms. The Morgan fingerprint density at radius 1 is 1.00 bits per heavy atom. The molecule has 1 N–H and O–H groups in total. The second-order valence-electron chi connectivity index (χ2n) is 4.84. The molecule has 1 aliphatic rings. The van der Waals surface area contributed by atoms with Gasteiger partial charge in [0.2, 0.25) is 5.91 Å². The molecule has 0 unspecified atom stereocenters. The molecule has 0 aromatic heterocycles. The fourth-order valence-electron chi connectivity index (χ4n) is 2.26. The first-order valence-corrected chi connectivity index (χ1v) is 6.83. The van der Waals surface area contributed by atoms with Crippen molar-refractivity contribution < 1.29 is 9.90 Å². The van der Waals surface area contributed by atoms with E-state index in [0.717, 1.165) is 45.6 Å². The quantitative estimate of drug-likeness (QED) is 0.680. The van der Waals surface area contributed by atoms with Gasteiger partial charge < -0.3 is 10.0 Å². The van der Waals surface area contributed by atoms with E-state index in [1.165, 1.54) is 19.3 Å². The summed E-state index contributed by atoms with van der Waals surface area (Å²) in [5.41, 5.74) is 0. The Morgan fingerprint density at radius 2 is 1.59 bits per heavy atom. The topological polar surface area (TPSA) is 43.8 Å². The Kier molecular flexibility index (Phi) is 7.21. The number of piperazine rings is 1. The molecule has 0 aliphatic carbocycles. The van der Waals surface area contributed by atoms with Crippen LogP contribution in [0.3, 0.4) is 0 Å². The third-order valence-electron chi connectivity index (χ3n) is 3.45. The van der Waals surface area contributed by atoms with Crippen LogP contribution in [0.4, 0.5) is 0 Å². The van der Waals surface area contributed by atoms with Crippen molar-refractivity contribution in [2.45, 2.75) is 39.0 Å². The van der Waals surface area contributed by atoms with Crippen molar-refractivity contribution >= 4 is 5.91 Å². The molecule has 4 nitrogen and oxygen atoms in total. The monoisotopic (exact) mass is 242 g/mol. The molecule has 0 radical (unpaired) electrons. The van der Waals surface area contributed by atoms with Gasteiger partial charge in [-0.2, -0.15) is 0 Å². The van der Waals surface area contributed by atoms with Crippen LogP contribution in [0.25, 0.3) is 0 Å². The van der Waals surface area contributed by atoms with Gasteiger partial charge in [0.05, 0.1) is 0 Å². The Balaban J connectivity index is 1.97. The van der Waals surface area contributed by atoms with Crippen LogP contribution < -0.4 is 0 Å². The molecule has 0 aromatic carbocycles. The summed E-state index contributed by atoms with van der Waals surface area (Å²) in [5, 5.41) is 8.66. The fraction of sp³-hybridized carbons (Fsp3) is 0.923. The van der Waals surface area contributed by atoms with Gasteiger partial charge in [0.25, 0.3) is 0 Å². The van der Waals surface area contributed by atoms with Gasteiger partial charge >= 0.3 is 0 Å². The minimum absolute atomic E-state index is 0.202. The molecule has 0 atom stereocenters. The highest BCUT2D eigenvalue weighted by Crippen LogP contribution is 2.07. The summed E-state index contributed by atoms with van der Waals surface area (Å²) in [6.07, 6.45) is 5.82. The van der Waals surface area contributed by atoms with Crippen LogP contribution in [0.5, 0.6) is 0 Å². The number of carbonyl (C=O) groups is 1. The number of nitrogens with zero attached hydrogens (tertiary/aromatic N) is 2. The van der Waals surface area contributed by atoms with Gasteiger partial charge in [0.15, 0.2) is 0 Å². The first-order valence-electron chi connectivity index (χ1n) is 6.83. The lowest BCUT2D eigenvalue weighted by atomic mass is 10.1. The van der Waals surface area contributed by atoms with E-state index in [9.17, 15) is 4.79 Å². The minimum Gasteiger partial charge on any atom is -0.396 e. The van der Waals surface area contributed by atoms with Gasteiger partial charge in [-0.1, -0.05) is 19.3 Å². The number of rotatable bonds is 7. The van der Waals surface area contributed by atoms with Crippen molar-refractivity contribution in [3.05, 3.63) is 0 Å². The van der Waals surface area contributed by atoms with Crippen LogP contribution in [0.2, 0.25) is 0 Å². The van der Waals surface area contributed by atoms with Gasteiger partial charge in [-0.25, -0.2) is 0 Å². The first kappa shape index (κ1) is 14.5. The third-order valence-corrected chi connectivity index (χ3v) is 3.45. The predicted octanol–water partition coefficient (Wildman–Crippen LogP) is 1.09. The van der Waals surface area contributed by atoms with E-state index in [0.29, 0.717) is 6.61 Å². The Labute approximate surface area is 105 Å². The summed E-state index contributed by atoms with van der Waals surface area (Å²) in [4.78, 5) is 15.5. The van der Waals surface area contributed by atoms with Crippen LogP contribution in [-0.4, -0.2) is 60.1 Å². The third kappa shape index (κ3) is 6.03. The molecular formula is C13H26N2O2. The lowest BCUT2D eigenvalue weighted by molar-refractivity contribution is -0.130. The number of hydrogen-bond acceptors (Lipinski definition) is 3. The molecular weight excluding hydrogens is 216 g/mol. The van der Waals surface area contributed by atoms with E-state index < -0.39 is 0 Å². The molecule has 4 heteroatoms. The van der Waals surface area contributed by atoms with E-state index in [1.807, 2.05) is 4.90 Å². The summed E-state index contributed by atoms with van der Waals surface area (Å²) in [6, 6.07) is 0. The zero-order valence-electron chi connectivity index (χ0n) is 11.0. The Morgan fingerprint density at radius 3 is 2.18 bits per heavy atom. The number of hydrogen-bond donors (Lipinski definition) is 1. The summed E-state index contributed by atoms with van der Waals surface area (Å²) in [7, 11) is 0. The Bertz CT molecular complexity index is 213. The number of carbonyl (C=O) groups excluding carboxylic acids is 1. The number of amides is 1. The minimum atomic E-state index is 0.202. The lowest BCUT2D eigenvalue weighted by Crippen LogP contribution is -2.48. The summed E-state index contributed by atoms with van der Waals surface area (Å²) in [6.45, 7) is 6.96. The largest absolute Gasteiger partial charge is 0.396 e. The Hall–Kier alpha value is -0.610. The normalized spacial score (nSPS) is 17.4. The predicted molar refractivity (Wildman–Crippen MR) is 68.9 cm³/mol. The molecule has 100 valence electrons. The van der Waals surface area contributed by atoms with Gasteiger partial charge in [-0.05, 0) is 19.4 Å². The highest BCUT2D eigenvalue weighted by Gasteiger charge is 2.17. The first-order chi connectivity index (χ1) is 8.24. The summed E-state index contributed by atoms with van der Waals surface area (Å²) >= 11 is 0. The van der Waals surface area contributed by atoms with E-state index in [-0.39, 0.29) is 5.91 Å². The molecule has 1 rings (SSSR count). The van der Waals surface area contributed by atoms with Crippen molar-refractivity contribution in [3.8, 4) is 0 Å². The molecule has 1 heterocycles. The highest BCUT2D eigenvalue weighted by atomic mass is 16.2. The molecule has 0 aromatic rings. The average molecular weight is 242 g/mol. The van der Waals surface area contributed by atoms with Gasteiger partial charge in [0, 0.05) is 39.7 Å². The van der Waals surface area contributed by atoms with Crippen molar-refractivity contribution in [1.29, 1.82) is 0 Å². The van der Waals surface area contributed by atoms with Gasteiger partial charge in [-0.3, -0.25) is 9.69 Å². The number of aliphatic hydroxyl groups excluding tert-OH is 1. The molecule has 1 aliphatic heterocycles. The second-order valence-corrected chi connectivity index (χ2v) is 4.84. The summed E-state index contributed by atoms with van der Waals surface area (Å²) < 4.78 is 0. The van der Waals surface area contributed by atoms with Crippen LogP contribution in [0, 0.1) is 0 Å². The molecule has 17 heavy (non-hydrogen) atoms. The smallest absolute Gasteiger partial charge is 0.219 e. The fourth-order valence-corrected chi connectivity index (χ4v) is 2.26.